The first-order valence-corrected chi connectivity index (χ1v) is 9.50. The van der Waals surface area contributed by atoms with Crippen molar-refractivity contribution in [2.45, 2.75) is 24.9 Å². The molecule has 7 nitrogen and oxygen atoms in total. The maximum Gasteiger partial charge on any atom is 0.251 e. The zero-order valence-electron chi connectivity index (χ0n) is 15.3. The fourth-order valence-corrected chi connectivity index (χ4v) is 3.86. The number of amidine groups is 2. The standard InChI is InChI=1S/C18H24N6OS/c1-18(7-8-26-17(19)23-18)12-5-4-6-13(9-12)22-16(25)14-10-21-15(11-20-14)24(2)3/h4-6,9,11,14H,7-8,10H2,1-3H3,(H2,19,23)(H,22,25). The van der Waals surface area contributed by atoms with Gasteiger partial charge in [0.05, 0.1) is 18.3 Å². The van der Waals surface area contributed by atoms with Crippen LogP contribution >= 0.6 is 11.8 Å². The van der Waals surface area contributed by atoms with Gasteiger partial charge in [0.2, 0.25) is 0 Å². The Morgan fingerprint density at radius 1 is 1.42 bits per heavy atom. The summed E-state index contributed by atoms with van der Waals surface area (Å²) < 4.78 is 0. The third-order valence-corrected chi connectivity index (χ3v) is 5.30. The second-order valence-corrected chi connectivity index (χ2v) is 7.89. The van der Waals surface area contributed by atoms with Crippen LogP contribution in [0, 0.1) is 0 Å². The lowest BCUT2D eigenvalue weighted by Crippen LogP contribution is -2.35. The molecule has 2 unspecified atom stereocenters. The minimum atomic E-state index is -0.502. The van der Waals surface area contributed by atoms with Crippen molar-refractivity contribution in [1.29, 1.82) is 0 Å². The average molecular weight is 372 g/mol. The molecule has 8 heteroatoms. The number of aliphatic imine (C=N–C) groups is 3. The topological polar surface area (TPSA) is 95.4 Å². The number of hydrogen-bond acceptors (Lipinski definition) is 7. The number of carbonyl (C=O) groups is 1. The van der Waals surface area contributed by atoms with E-state index in [1.807, 2.05) is 43.3 Å². The number of benzene rings is 1. The lowest BCUT2D eigenvalue weighted by atomic mass is 9.89. The van der Waals surface area contributed by atoms with Crippen molar-refractivity contribution < 1.29 is 4.79 Å². The Bertz CT molecular complexity index is 788. The van der Waals surface area contributed by atoms with Crippen molar-refractivity contribution in [3.05, 3.63) is 29.8 Å². The normalized spacial score (nSPS) is 25.3. The largest absolute Gasteiger partial charge is 0.379 e. The van der Waals surface area contributed by atoms with E-state index in [9.17, 15) is 4.79 Å². The van der Waals surface area contributed by atoms with Crippen LogP contribution in [-0.2, 0) is 10.3 Å². The molecule has 3 N–H and O–H groups in total. The molecule has 2 aliphatic rings. The Hall–Kier alpha value is -2.35. The van der Waals surface area contributed by atoms with Gasteiger partial charge in [0.15, 0.2) is 5.17 Å². The predicted molar refractivity (Wildman–Crippen MR) is 109 cm³/mol. The van der Waals surface area contributed by atoms with E-state index in [0.717, 1.165) is 29.3 Å². The summed E-state index contributed by atoms with van der Waals surface area (Å²) in [6.45, 7) is 2.43. The van der Waals surface area contributed by atoms with E-state index in [2.05, 4.69) is 27.2 Å². The molecular weight excluding hydrogens is 348 g/mol. The molecule has 2 atom stereocenters. The summed E-state index contributed by atoms with van der Waals surface area (Å²) >= 11 is 1.58. The molecule has 1 aromatic rings. The molecule has 0 fully saturated rings. The van der Waals surface area contributed by atoms with Gasteiger partial charge < -0.3 is 16.0 Å². The first kappa shape index (κ1) is 18.4. The number of thioether (sulfide) groups is 1. The molecule has 0 aliphatic carbocycles. The van der Waals surface area contributed by atoms with Crippen molar-refractivity contribution in [2.75, 3.05) is 31.7 Å². The first-order chi connectivity index (χ1) is 12.4. The summed E-state index contributed by atoms with van der Waals surface area (Å²) in [7, 11) is 3.80. The predicted octanol–water partition coefficient (Wildman–Crippen LogP) is 1.70. The third-order valence-electron chi connectivity index (χ3n) is 4.50. The van der Waals surface area contributed by atoms with Crippen LogP contribution in [0.3, 0.4) is 0 Å². The van der Waals surface area contributed by atoms with Crippen molar-refractivity contribution in [2.24, 2.45) is 20.7 Å². The van der Waals surface area contributed by atoms with Gasteiger partial charge in [0.25, 0.3) is 5.91 Å². The minimum Gasteiger partial charge on any atom is -0.379 e. The lowest BCUT2D eigenvalue weighted by molar-refractivity contribution is -0.117. The Labute approximate surface area is 157 Å². The number of nitrogens with zero attached hydrogens (tertiary/aromatic N) is 4. The highest BCUT2D eigenvalue weighted by Gasteiger charge is 2.29. The van der Waals surface area contributed by atoms with E-state index >= 15 is 0 Å². The molecule has 0 aromatic heterocycles. The number of rotatable bonds is 3. The second kappa shape index (κ2) is 7.49. The van der Waals surface area contributed by atoms with Crippen LogP contribution in [0.2, 0.25) is 0 Å². The van der Waals surface area contributed by atoms with Crippen LogP contribution < -0.4 is 11.1 Å². The first-order valence-electron chi connectivity index (χ1n) is 8.52. The number of amides is 1. The molecule has 1 aromatic carbocycles. The SMILES string of the molecule is CN(C)C1=NCC(C(=O)Nc2cccc(C3(C)CCSC(N)=N3)c2)N=C1. The molecule has 0 spiro atoms. The maximum atomic E-state index is 12.5. The van der Waals surface area contributed by atoms with Crippen LogP contribution in [0.15, 0.2) is 39.2 Å². The van der Waals surface area contributed by atoms with Crippen LogP contribution in [-0.4, -0.2) is 60.5 Å². The van der Waals surface area contributed by atoms with E-state index in [0.29, 0.717) is 11.7 Å². The van der Waals surface area contributed by atoms with Crippen molar-refractivity contribution in [1.82, 2.24) is 4.90 Å². The van der Waals surface area contributed by atoms with Crippen molar-refractivity contribution in [3.8, 4) is 0 Å². The van der Waals surface area contributed by atoms with Gasteiger partial charge in [-0.05, 0) is 31.0 Å². The molecule has 2 aliphatic heterocycles. The van der Waals surface area contributed by atoms with E-state index in [1.165, 1.54) is 0 Å². The Morgan fingerprint density at radius 3 is 2.88 bits per heavy atom. The van der Waals surface area contributed by atoms with E-state index in [4.69, 9.17) is 5.73 Å². The Balaban J connectivity index is 1.71. The van der Waals surface area contributed by atoms with E-state index < -0.39 is 6.04 Å². The molecule has 138 valence electrons. The molecule has 0 saturated carbocycles. The highest BCUT2D eigenvalue weighted by atomic mass is 32.2. The molecular formula is C18H24N6OS. The summed E-state index contributed by atoms with van der Waals surface area (Å²) in [5.74, 6) is 1.55. The van der Waals surface area contributed by atoms with Gasteiger partial charge in [0, 0.05) is 25.5 Å². The molecule has 0 saturated heterocycles. The minimum absolute atomic E-state index is 0.160. The highest BCUT2D eigenvalue weighted by molar-refractivity contribution is 8.13. The molecule has 0 bridgehead atoms. The number of carbonyl (C=O) groups excluding carboxylic acids is 1. The smallest absolute Gasteiger partial charge is 0.251 e. The summed E-state index contributed by atoms with van der Waals surface area (Å²) in [4.78, 5) is 27.7. The van der Waals surface area contributed by atoms with Gasteiger partial charge in [-0.2, -0.15) is 0 Å². The summed E-state index contributed by atoms with van der Waals surface area (Å²) in [6.07, 6.45) is 2.55. The van der Waals surface area contributed by atoms with Crippen LogP contribution in [0.4, 0.5) is 5.69 Å². The lowest BCUT2D eigenvalue weighted by Gasteiger charge is -2.30. The fraction of sp³-hybridized carbons (Fsp3) is 0.444. The monoisotopic (exact) mass is 372 g/mol. The molecule has 3 rings (SSSR count). The second-order valence-electron chi connectivity index (χ2n) is 6.78. The van der Waals surface area contributed by atoms with Gasteiger partial charge >= 0.3 is 0 Å². The third kappa shape index (κ3) is 4.07. The van der Waals surface area contributed by atoms with Gasteiger partial charge in [0.1, 0.15) is 11.9 Å². The Kier molecular flexibility index (Phi) is 5.31. The zero-order chi connectivity index (χ0) is 18.7. The number of hydrogen-bond donors (Lipinski definition) is 2. The van der Waals surface area contributed by atoms with E-state index in [1.54, 1.807) is 18.0 Å². The van der Waals surface area contributed by atoms with Crippen LogP contribution in [0.5, 0.6) is 0 Å². The van der Waals surface area contributed by atoms with Crippen LogP contribution in [0.25, 0.3) is 0 Å². The van der Waals surface area contributed by atoms with Crippen molar-refractivity contribution >= 4 is 40.6 Å². The van der Waals surface area contributed by atoms with Gasteiger partial charge in [-0.1, -0.05) is 23.9 Å². The van der Waals surface area contributed by atoms with Gasteiger partial charge in [-0.15, -0.1) is 0 Å². The van der Waals surface area contributed by atoms with Crippen molar-refractivity contribution in [3.63, 3.8) is 0 Å². The molecule has 26 heavy (non-hydrogen) atoms. The number of nitrogens with two attached hydrogens (primary N) is 1. The fourth-order valence-electron chi connectivity index (χ4n) is 2.88. The molecule has 1 amide bonds. The zero-order valence-corrected chi connectivity index (χ0v) is 16.1. The Morgan fingerprint density at radius 2 is 2.23 bits per heavy atom. The van der Waals surface area contributed by atoms with Crippen LogP contribution in [0.1, 0.15) is 18.9 Å². The molecule has 0 radical (unpaired) electrons. The highest BCUT2D eigenvalue weighted by Crippen LogP contribution is 2.35. The van der Waals surface area contributed by atoms with E-state index in [-0.39, 0.29) is 11.4 Å². The summed E-state index contributed by atoms with van der Waals surface area (Å²) in [6, 6.07) is 7.28. The van der Waals surface area contributed by atoms with Gasteiger partial charge in [-0.25, -0.2) is 0 Å². The number of nitrogens with one attached hydrogen (secondary N) is 1. The quantitative estimate of drug-likeness (QED) is 0.844. The summed E-state index contributed by atoms with van der Waals surface area (Å²) in [5.41, 5.74) is 7.33. The number of anilines is 1. The summed E-state index contributed by atoms with van der Waals surface area (Å²) in [5, 5.41) is 3.55. The average Bonchev–Trinajstić information content (AvgIpc) is 2.62. The maximum absolute atomic E-state index is 12.5. The molecule has 2 heterocycles. The van der Waals surface area contributed by atoms with Gasteiger partial charge in [-0.3, -0.25) is 19.8 Å².